The maximum atomic E-state index is 10.4. The smallest absolute Gasteiger partial charge is 0.407 e. The summed E-state index contributed by atoms with van der Waals surface area (Å²) < 4.78 is 4.77. The standard InChI is InChI=1S/C5H10N2O3/c1-9-7-3-4-2-6-5(8)10-4/h4,7H,2-3H2,1H3,(H,6,8). The van der Waals surface area contributed by atoms with Gasteiger partial charge in [0.2, 0.25) is 0 Å². The summed E-state index contributed by atoms with van der Waals surface area (Å²) in [5.74, 6) is 0. The van der Waals surface area contributed by atoms with Crippen molar-refractivity contribution in [2.75, 3.05) is 20.2 Å². The van der Waals surface area contributed by atoms with Gasteiger partial charge in [0.1, 0.15) is 6.10 Å². The summed E-state index contributed by atoms with van der Waals surface area (Å²) in [7, 11) is 1.52. The highest BCUT2D eigenvalue weighted by molar-refractivity contribution is 5.69. The summed E-state index contributed by atoms with van der Waals surface area (Å²) in [6.45, 7) is 1.07. The fraction of sp³-hybridized carbons (Fsp3) is 0.800. The lowest BCUT2D eigenvalue weighted by molar-refractivity contribution is 0.0551. The molecule has 0 radical (unpaired) electrons. The first kappa shape index (κ1) is 7.30. The van der Waals surface area contributed by atoms with Gasteiger partial charge in [0.25, 0.3) is 0 Å². The third-order valence-corrected chi connectivity index (χ3v) is 1.20. The van der Waals surface area contributed by atoms with E-state index in [1.54, 1.807) is 0 Å². The van der Waals surface area contributed by atoms with Crippen molar-refractivity contribution in [3.05, 3.63) is 0 Å². The Balaban J connectivity index is 2.12. The Morgan fingerprint density at radius 2 is 2.80 bits per heavy atom. The predicted octanol–water partition coefficient (Wildman–Crippen LogP) is -0.754. The second-order valence-electron chi connectivity index (χ2n) is 1.96. The minimum atomic E-state index is -0.358. The number of carbonyl (C=O) groups is 1. The van der Waals surface area contributed by atoms with Crippen LogP contribution in [0.15, 0.2) is 0 Å². The second-order valence-corrected chi connectivity index (χ2v) is 1.96. The molecule has 1 unspecified atom stereocenters. The molecule has 0 aromatic heterocycles. The van der Waals surface area contributed by atoms with Crippen molar-refractivity contribution in [2.24, 2.45) is 0 Å². The van der Waals surface area contributed by atoms with E-state index in [-0.39, 0.29) is 12.2 Å². The zero-order valence-corrected chi connectivity index (χ0v) is 5.72. The topological polar surface area (TPSA) is 59.6 Å². The van der Waals surface area contributed by atoms with E-state index in [0.717, 1.165) is 0 Å². The van der Waals surface area contributed by atoms with Gasteiger partial charge >= 0.3 is 6.09 Å². The summed E-state index contributed by atoms with van der Waals surface area (Å²) in [4.78, 5) is 15.0. The molecule has 0 aromatic rings. The van der Waals surface area contributed by atoms with Crippen molar-refractivity contribution in [1.82, 2.24) is 10.8 Å². The van der Waals surface area contributed by atoms with Gasteiger partial charge in [0, 0.05) is 0 Å². The SMILES string of the molecule is CONCC1CNC(=O)O1. The number of ether oxygens (including phenoxy) is 1. The van der Waals surface area contributed by atoms with Crippen molar-refractivity contribution >= 4 is 6.09 Å². The molecule has 0 aliphatic carbocycles. The molecule has 1 atom stereocenters. The maximum Gasteiger partial charge on any atom is 0.407 e. The molecule has 0 spiro atoms. The van der Waals surface area contributed by atoms with Gasteiger partial charge in [-0.3, -0.25) is 0 Å². The summed E-state index contributed by atoms with van der Waals surface area (Å²) >= 11 is 0. The van der Waals surface area contributed by atoms with Crippen LogP contribution in [0.3, 0.4) is 0 Å². The van der Waals surface area contributed by atoms with E-state index in [2.05, 4.69) is 15.6 Å². The number of hydroxylamine groups is 1. The Hall–Kier alpha value is -0.810. The van der Waals surface area contributed by atoms with Crippen molar-refractivity contribution in [3.8, 4) is 0 Å². The third-order valence-electron chi connectivity index (χ3n) is 1.20. The number of nitrogens with one attached hydrogen (secondary N) is 2. The van der Waals surface area contributed by atoms with Crippen LogP contribution in [0.25, 0.3) is 0 Å². The van der Waals surface area contributed by atoms with Gasteiger partial charge in [-0.25, -0.2) is 4.79 Å². The van der Waals surface area contributed by atoms with Crippen molar-refractivity contribution in [2.45, 2.75) is 6.10 Å². The van der Waals surface area contributed by atoms with Crippen LogP contribution in [0.4, 0.5) is 4.79 Å². The number of hydrogen-bond acceptors (Lipinski definition) is 4. The molecule has 1 aliphatic heterocycles. The van der Waals surface area contributed by atoms with Crippen molar-refractivity contribution < 1.29 is 14.4 Å². The zero-order valence-electron chi connectivity index (χ0n) is 5.72. The summed E-state index contributed by atoms with van der Waals surface area (Å²) in [6.07, 6.45) is -0.463. The highest BCUT2D eigenvalue weighted by Gasteiger charge is 2.21. The number of alkyl carbamates (subject to hydrolysis) is 1. The molecule has 0 saturated carbocycles. The molecule has 5 heteroatoms. The molecule has 1 aliphatic rings. The Bertz CT molecular complexity index is 128. The molecule has 0 aromatic carbocycles. The highest BCUT2D eigenvalue weighted by atomic mass is 16.6. The quantitative estimate of drug-likeness (QED) is 0.514. The Morgan fingerprint density at radius 1 is 2.00 bits per heavy atom. The number of hydrogen-bond donors (Lipinski definition) is 2. The molecule has 1 rings (SSSR count). The second kappa shape index (κ2) is 3.38. The first-order chi connectivity index (χ1) is 4.83. The average molecular weight is 146 g/mol. The molecule has 1 saturated heterocycles. The first-order valence-corrected chi connectivity index (χ1v) is 3.03. The normalized spacial score (nSPS) is 24.1. The monoisotopic (exact) mass is 146 g/mol. The van der Waals surface area contributed by atoms with Crippen LogP contribution in [-0.2, 0) is 9.57 Å². The van der Waals surface area contributed by atoms with Crippen LogP contribution in [0.5, 0.6) is 0 Å². The number of amides is 1. The summed E-state index contributed by atoms with van der Waals surface area (Å²) in [5.41, 5.74) is 2.59. The van der Waals surface area contributed by atoms with Gasteiger partial charge in [-0.05, 0) is 0 Å². The van der Waals surface area contributed by atoms with Gasteiger partial charge in [-0.2, -0.15) is 5.48 Å². The van der Waals surface area contributed by atoms with E-state index < -0.39 is 0 Å². The van der Waals surface area contributed by atoms with Crippen LogP contribution in [0.1, 0.15) is 0 Å². The molecule has 1 fully saturated rings. The molecule has 1 heterocycles. The number of carbonyl (C=O) groups excluding carboxylic acids is 1. The fourth-order valence-corrected chi connectivity index (χ4v) is 0.722. The van der Waals surface area contributed by atoms with Crippen LogP contribution in [-0.4, -0.2) is 32.4 Å². The molecule has 5 nitrogen and oxygen atoms in total. The minimum absolute atomic E-state index is 0.104. The van der Waals surface area contributed by atoms with E-state index >= 15 is 0 Å². The van der Waals surface area contributed by atoms with Gasteiger partial charge in [0.15, 0.2) is 0 Å². The Morgan fingerprint density at radius 3 is 3.30 bits per heavy atom. The lowest BCUT2D eigenvalue weighted by Gasteiger charge is -2.05. The average Bonchev–Trinajstić information content (AvgIpc) is 2.31. The fourth-order valence-electron chi connectivity index (χ4n) is 0.722. The summed E-state index contributed by atoms with van der Waals surface area (Å²) in [5, 5.41) is 2.52. The zero-order chi connectivity index (χ0) is 7.40. The molecule has 0 bridgehead atoms. The first-order valence-electron chi connectivity index (χ1n) is 3.03. The largest absolute Gasteiger partial charge is 0.443 e. The van der Waals surface area contributed by atoms with E-state index in [9.17, 15) is 4.79 Å². The lowest BCUT2D eigenvalue weighted by atomic mass is 10.4. The molecule has 1 amide bonds. The maximum absolute atomic E-state index is 10.4. The number of cyclic esters (lactones) is 1. The van der Waals surface area contributed by atoms with E-state index in [1.165, 1.54) is 7.11 Å². The van der Waals surface area contributed by atoms with Crippen molar-refractivity contribution in [3.63, 3.8) is 0 Å². The van der Waals surface area contributed by atoms with Crippen LogP contribution >= 0.6 is 0 Å². The molecular formula is C5H10N2O3. The third kappa shape index (κ3) is 1.85. The van der Waals surface area contributed by atoms with Crippen LogP contribution in [0, 0.1) is 0 Å². The highest BCUT2D eigenvalue weighted by Crippen LogP contribution is 1.97. The predicted molar refractivity (Wildman–Crippen MR) is 33.3 cm³/mol. The molecule has 58 valence electrons. The molecule has 2 N–H and O–H groups in total. The van der Waals surface area contributed by atoms with Crippen LogP contribution < -0.4 is 10.8 Å². The van der Waals surface area contributed by atoms with Gasteiger partial charge < -0.3 is 14.9 Å². The Labute approximate surface area is 58.6 Å². The molecule has 10 heavy (non-hydrogen) atoms. The summed E-state index contributed by atoms with van der Waals surface area (Å²) in [6, 6.07) is 0. The number of rotatable bonds is 3. The Kier molecular flexibility index (Phi) is 2.47. The molecular weight excluding hydrogens is 136 g/mol. The van der Waals surface area contributed by atoms with E-state index in [0.29, 0.717) is 13.1 Å². The van der Waals surface area contributed by atoms with Gasteiger partial charge in [-0.1, -0.05) is 0 Å². The van der Waals surface area contributed by atoms with Crippen LogP contribution in [0.2, 0.25) is 0 Å². The van der Waals surface area contributed by atoms with Gasteiger partial charge in [-0.15, -0.1) is 0 Å². The van der Waals surface area contributed by atoms with Crippen molar-refractivity contribution in [1.29, 1.82) is 0 Å². The minimum Gasteiger partial charge on any atom is -0.443 e. The van der Waals surface area contributed by atoms with E-state index in [4.69, 9.17) is 4.74 Å². The van der Waals surface area contributed by atoms with E-state index in [1.807, 2.05) is 0 Å². The van der Waals surface area contributed by atoms with Gasteiger partial charge in [0.05, 0.1) is 20.2 Å². The lowest BCUT2D eigenvalue weighted by Crippen LogP contribution is -2.28.